The smallest absolute Gasteiger partial charge is 0.418 e. The van der Waals surface area contributed by atoms with E-state index in [1.54, 1.807) is 0 Å². The molecule has 0 aliphatic carbocycles. The standard InChI is InChI=1S/C8H3ClF3NO4/c9-6-4(7(14)15)1-3(13(16)17)2-5(6)8(10,11)12/h1-2H,(H,14,15). The molecule has 0 aliphatic rings. The summed E-state index contributed by atoms with van der Waals surface area (Å²) in [5, 5.41) is 17.9. The van der Waals surface area contributed by atoms with E-state index in [9.17, 15) is 28.1 Å². The number of nitro groups is 1. The lowest BCUT2D eigenvalue weighted by atomic mass is 10.1. The summed E-state index contributed by atoms with van der Waals surface area (Å²) in [6.45, 7) is 0. The highest BCUT2D eigenvalue weighted by Gasteiger charge is 2.37. The van der Waals surface area contributed by atoms with Gasteiger partial charge in [0.1, 0.15) is 0 Å². The number of aromatic carboxylic acids is 1. The van der Waals surface area contributed by atoms with Crippen LogP contribution in [0.2, 0.25) is 5.02 Å². The molecule has 17 heavy (non-hydrogen) atoms. The molecular formula is C8H3ClF3NO4. The Morgan fingerprint density at radius 3 is 2.29 bits per heavy atom. The van der Waals surface area contributed by atoms with Crippen molar-refractivity contribution >= 4 is 23.3 Å². The number of hydrogen-bond acceptors (Lipinski definition) is 3. The van der Waals surface area contributed by atoms with Crippen LogP contribution in [0.4, 0.5) is 18.9 Å². The van der Waals surface area contributed by atoms with Gasteiger partial charge in [0, 0.05) is 12.1 Å². The zero-order valence-electron chi connectivity index (χ0n) is 7.79. The molecule has 9 heteroatoms. The van der Waals surface area contributed by atoms with Crippen molar-refractivity contribution in [3.63, 3.8) is 0 Å². The van der Waals surface area contributed by atoms with Gasteiger partial charge in [-0.05, 0) is 0 Å². The van der Waals surface area contributed by atoms with Crippen LogP contribution in [0.15, 0.2) is 12.1 Å². The molecule has 0 amide bonds. The van der Waals surface area contributed by atoms with Gasteiger partial charge in [-0.2, -0.15) is 13.2 Å². The van der Waals surface area contributed by atoms with Gasteiger partial charge in [-0.1, -0.05) is 11.6 Å². The number of rotatable bonds is 2. The number of non-ortho nitro benzene ring substituents is 1. The van der Waals surface area contributed by atoms with E-state index in [1.807, 2.05) is 0 Å². The molecule has 0 bridgehead atoms. The molecule has 1 N–H and O–H groups in total. The minimum Gasteiger partial charge on any atom is -0.478 e. The van der Waals surface area contributed by atoms with E-state index >= 15 is 0 Å². The monoisotopic (exact) mass is 269 g/mol. The van der Waals surface area contributed by atoms with Gasteiger partial charge in [-0.15, -0.1) is 0 Å². The Kier molecular flexibility index (Phi) is 3.28. The van der Waals surface area contributed by atoms with E-state index in [1.165, 1.54) is 0 Å². The maximum atomic E-state index is 12.4. The molecule has 0 saturated carbocycles. The van der Waals surface area contributed by atoms with Crippen molar-refractivity contribution in [2.75, 3.05) is 0 Å². The summed E-state index contributed by atoms with van der Waals surface area (Å²) in [6.07, 6.45) is -4.96. The first-order valence-electron chi connectivity index (χ1n) is 3.93. The largest absolute Gasteiger partial charge is 0.478 e. The molecule has 0 heterocycles. The van der Waals surface area contributed by atoms with Crippen LogP contribution < -0.4 is 0 Å². The molecule has 0 aliphatic heterocycles. The average molecular weight is 270 g/mol. The minimum absolute atomic E-state index is 0.189. The van der Waals surface area contributed by atoms with Crippen LogP contribution in [0.1, 0.15) is 15.9 Å². The van der Waals surface area contributed by atoms with Crippen molar-refractivity contribution in [3.05, 3.63) is 38.4 Å². The Hall–Kier alpha value is -1.83. The van der Waals surface area contributed by atoms with E-state index in [0.29, 0.717) is 6.07 Å². The van der Waals surface area contributed by atoms with Crippen LogP contribution in [-0.2, 0) is 6.18 Å². The summed E-state index contributed by atoms with van der Waals surface area (Å²) in [5.74, 6) is -1.77. The Labute approximate surface area is 96.6 Å². The van der Waals surface area contributed by atoms with E-state index < -0.39 is 38.9 Å². The molecule has 0 fully saturated rings. The molecule has 1 aromatic carbocycles. The molecule has 0 unspecified atom stereocenters. The van der Waals surface area contributed by atoms with Crippen LogP contribution in [0.25, 0.3) is 0 Å². The lowest BCUT2D eigenvalue weighted by Crippen LogP contribution is -2.10. The van der Waals surface area contributed by atoms with E-state index in [-0.39, 0.29) is 6.07 Å². The molecule has 0 aromatic heterocycles. The molecule has 0 spiro atoms. The lowest BCUT2D eigenvalue weighted by molar-refractivity contribution is -0.385. The highest BCUT2D eigenvalue weighted by molar-refractivity contribution is 6.34. The summed E-state index contributed by atoms with van der Waals surface area (Å²) in [6, 6.07) is 0.661. The zero-order valence-corrected chi connectivity index (χ0v) is 8.54. The van der Waals surface area contributed by atoms with Crippen LogP contribution in [0.3, 0.4) is 0 Å². The third kappa shape index (κ3) is 2.64. The van der Waals surface area contributed by atoms with Gasteiger partial charge >= 0.3 is 12.1 Å². The summed E-state index contributed by atoms with van der Waals surface area (Å²) in [5.41, 5.74) is -3.50. The molecule has 5 nitrogen and oxygen atoms in total. The number of nitro benzene ring substituents is 1. The second-order valence-electron chi connectivity index (χ2n) is 2.91. The molecule has 0 atom stereocenters. The fraction of sp³-hybridized carbons (Fsp3) is 0.125. The maximum Gasteiger partial charge on any atom is 0.418 e. The van der Waals surface area contributed by atoms with E-state index in [4.69, 9.17) is 16.7 Å². The van der Waals surface area contributed by atoms with Crippen molar-refractivity contribution in [2.45, 2.75) is 6.18 Å². The quantitative estimate of drug-likeness (QED) is 0.661. The summed E-state index contributed by atoms with van der Waals surface area (Å²) >= 11 is 5.24. The predicted octanol–water partition coefficient (Wildman–Crippen LogP) is 2.97. The molecule has 1 aromatic rings. The van der Waals surface area contributed by atoms with Crippen molar-refractivity contribution in [3.8, 4) is 0 Å². The van der Waals surface area contributed by atoms with Gasteiger partial charge in [0.2, 0.25) is 0 Å². The number of carboxylic acid groups (broad SMARTS) is 1. The number of benzene rings is 1. The predicted molar refractivity (Wildman–Crippen MR) is 50.1 cm³/mol. The van der Waals surface area contributed by atoms with Gasteiger partial charge in [-0.3, -0.25) is 10.1 Å². The van der Waals surface area contributed by atoms with Crippen molar-refractivity contribution < 1.29 is 28.0 Å². The average Bonchev–Trinajstić information content (AvgIpc) is 2.15. The van der Waals surface area contributed by atoms with Crippen LogP contribution in [0, 0.1) is 10.1 Å². The molecule has 0 saturated heterocycles. The molecular weight excluding hydrogens is 267 g/mol. The molecule has 92 valence electrons. The lowest BCUT2D eigenvalue weighted by Gasteiger charge is -2.10. The van der Waals surface area contributed by atoms with Gasteiger partial charge in [-0.25, -0.2) is 4.79 Å². The first kappa shape index (κ1) is 13.2. The Morgan fingerprint density at radius 1 is 1.41 bits per heavy atom. The fourth-order valence-corrected chi connectivity index (χ4v) is 1.37. The third-order valence-electron chi connectivity index (χ3n) is 1.80. The van der Waals surface area contributed by atoms with Gasteiger partial charge in [0.15, 0.2) is 0 Å². The highest BCUT2D eigenvalue weighted by atomic mass is 35.5. The number of halogens is 4. The topological polar surface area (TPSA) is 80.4 Å². The number of nitrogens with zero attached hydrogens (tertiary/aromatic N) is 1. The van der Waals surface area contributed by atoms with E-state index in [0.717, 1.165) is 0 Å². The summed E-state index contributed by atoms with van der Waals surface area (Å²) in [7, 11) is 0. The second-order valence-corrected chi connectivity index (χ2v) is 3.29. The number of alkyl halides is 3. The Morgan fingerprint density at radius 2 is 1.94 bits per heavy atom. The first-order valence-corrected chi connectivity index (χ1v) is 4.31. The Bertz CT molecular complexity index is 500. The highest BCUT2D eigenvalue weighted by Crippen LogP contribution is 2.38. The summed E-state index contributed by atoms with van der Waals surface area (Å²) in [4.78, 5) is 19.8. The zero-order chi connectivity index (χ0) is 13.4. The second kappa shape index (κ2) is 4.21. The maximum absolute atomic E-state index is 12.4. The van der Waals surface area contributed by atoms with Gasteiger partial charge in [0.25, 0.3) is 5.69 Å². The van der Waals surface area contributed by atoms with Gasteiger partial charge in [0.05, 0.1) is 21.1 Å². The van der Waals surface area contributed by atoms with Crippen LogP contribution >= 0.6 is 11.6 Å². The fourth-order valence-electron chi connectivity index (χ4n) is 1.08. The van der Waals surface area contributed by atoms with Crippen LogP contribution in [0.5, 0.6) is 0 Å². The van der Waals surface area contributed by atoms with Crippen molar-refractivity contribution in [1.29, 1.82) is 0 Å². The minimum atomic E-state index is -4.96. The number of carboxylic acids is 1. The van der Waals surface area contributed by atoms with Crippen molar-refractivity contribution in [1.82, 2.24) is 0 Å². The van der Waals surface area contributed by atoms with E-state index in [2.05, 4.69) is 0 Å². The molecule has 0 radical (unpaired) electrons. The Balaban J connectivity index is 3.60. The first-order chi connectivity index (χ1) is 7.64. The summed E-state index contributed by atoms with van der Waals surface area (Å²) < 4.78 is 37.3. The number of hydrogen-bond donors (Lipinski definition) is 1. The third-order valence-corrected chi connectivity index (χ3v) is 2.21. The SMILES string of the molecule is O=C(O)c1cc([N+](=O)[O-])cc(C(F)(F)F)c1Cl. The molecule has 1 rings (SSSR count). The normalized spacial score (nSPS) is 11.3. The van der Waals surface area contributed by atoms with Crippen molar-refractivity contribution in [2.24, 2.45) is 0 Å². The van der Waals surface area contributed by atoms with Gasteiger partial charge < -0.3 is 5.11 Å². The number of carbonyl (C=O) groups is 1. The van der Waals surface area contributed by atoms with Crippen LogP contribution in [-0.4, -0.2) is 16.0 Å².